The molecule has 0 spiro atoms. The summed E-state index contributed by atoms with van der Waals surface area (Å²) in [5.74, 6) is 3.84. The van der Waals surface area contributed by atoms with Crippen molar-refractivity contribution in [2.75, 3.05) is 14.2 Å². The Kier molecular flexibility index (Phi) is 13.5. The average molecular weight is 859 g/mol. The van der Waals surface area contributed by atoms with Crippen molar-refractivity contribution in [3.8, 4) is 34.5 Å². The smallest absolute Gasteiger partial charge is 0.161 e. The molecule has 9 rings (SSSR count). The Hall–Kier alpha value is -7.74. The van der Waals surface area contributed by atoms with Crippen LogP contribution in [-0.4, -0.2) is 14.2 Å². The van der Waals surface area contributed by atoms with E-state index in [1.54, 1.807) is 14.2 Å². The molecule has 0 N–H and O–H groups in total. The lowest BCUT2D eigenvalue weighted by Gasteiger charge is -2.19. The van der Waals surface area contributed by atoms with Crippen molar-refractivity contribution >= 4 is 11.1 Å². The Balaban J connectivity index is 1.20. The van der Waals surface area contributed by atoms with Crippen LogP contribution in [0.2, 0.25) is 0 Å². The molecule has 0 radical (unpaired) electrons. The maximum absolute atomic E-state index is 6.87. The van der Waals surface area contributed by atoms with Crippen molar-refractivity contribution in [3.63, 3.8) is 0 Å². The lowest BCUT2D eigenvalue weighted by atomic mass is 9.93. The molecular formula is C58H50O7. The van der Waals surface area contributed by atoms with Crippen molar-refractivity contribution in [3.05, 3.63) is 250 Å². The third kappa shape index (κ3) is 10.4. The van der Waals surface area contributed by atoms with E-state index in [0.29, 0.717) is 67.5 Å². The summed E-state index contributed by atoms with van der Waals surface area (Å²) in [6.45, 7) is 1.87. The minimum atomic E-state index is -0.550. The van der Waals surface area contributed by atoms with Crippen molar-refractivity contribution in [1.29, 1.82) is 0 Å². The van der Waals surface area contributed by atoms with Crippen molar-refractivity contribution in [1.82, 2.24) is 0 Å². The van der Waals surface area contributed by atoms with Gasteiger partial charge < -0.3 is 33.2 Å². The normalized spacial score (nSPS) is 12.9. The lowest BCUT2D eigenvalue weighted by Crippen LogP contribution is -2.05. The van der Waals surface area contributed by atoms with Gasteiger partial charge in [-0.25, -0.2) is 0 Å². The molecule has 0 fully saturated rings. The van der Waals surface area contributed by atoms with Crippen LogP contribution >= 0.6 is 0 Å². The van der Waals surface area contributed by atoms with E-state index in [2.05, 4.69) is 72.8 Å². The van der Waals surface area contributed by atoms with Crippen LogP contribution < -0.4 is 28.4 Å². The van der Waals surface area contributed by atoms with Crippen LogP contribution in [0.25, 0.3) is 11.1 Å². The Morgan fingerprint density at radius 3 is 1.20 bits per heavy atom. The highest BCUT2D eigenvalue weighted by Gasteiger charge is 2.37. The second kappa shape index (κ2) is 20.6. The summed E-state index contributed by atoms with van der Waals surface area (Å²) in [4.78, 5) is 0. The minimum absolute atomic E-state index is 0.339. The quantitative estimate of drug-likeness (QED) is 0.0802. The third-order valence-corrected chi connectivity index (χ3v) is 11.3. The molecule has 324 valence electrons. The van der Waals surface area contributed by atoms with Gasteiger partial charge in [-0.3, -0.25) is 0 Å². The predicted molar refractivity (Wildman–Crippen MR) is 255 cm³/mol. The Morgan fingerprint density at radius 2 is 0.769 bits per heavy atom. The molecule has 1 aliphatic rings. The minimum Gasteiger partial charge on any atom is -0.493 e. The number of ether oxygens (including phenoxy) is 7. The highest BCUT2D eigenvalue weighted by molar-refractivity contribution is 6.07. The van der Waals surface area contributed by atoms with Gasteiger partial charge in [-0.15, -0.1) is 0 Å². The van der Waals surface area contributed by atoms with Gasteiger partial charge in [0.25, 0.3) is 0 Å². The Bertz CT molecular complexity index is 2770. The van der Waals surface area contributed by atoms with Gasteiger partial charge in [-0.2, -0.15) is 0 Å². The number of fused-ring (bicyclic) bond motifs is 1. The first kappa shape index (κ1) is 42.6. The Morgan fingerprint density at radius 1 is 0.354 bits per heavy atom. The summed E-state index contributed by atoms with van der Waals surface area (Å²) in [6, 6.07) is 66.9. The molecule has 0 saturated heterocycles. The van der Waals surface area contributed by atoms with Crippen LogP contribution in [0.4, 0.5) is 0 Å². The summed E-state index contributed by atoms with van der Waals surface area (Å²) >= 11 is 0. The van der Waals surface area contributed by atoms with E-state index in [4.69, 9.17) is 33.2 Å². The van der Waals surface area contributed by atoms with Crippen LogP contribution in [0.1, 0.15) is 56.2 Å². The van der Waals surface area contributed by atoms with E-state index in [1.807, 2.05) is 127 Å². The van der Waals surface area contributed by atoms with Gasteiger partial charge >= 0.3 is 0 Å². The summed E-state index contributed by atoms with van der Waals surface area (Å²) in [5.41, 5.74) is 10.6. The monoisotopic (exact) mass is 858 g/mol. The molecule has 1 unspecified atom stereocenters. The number of hydrogen-bond acceptors (Lipinski definition) is 7. The van der Waals surface area contributed by atoms with Gasteiger partial charge in [0.15, 0.2) is 11.5 Å². The third-order valence-electron chi connectivity index (χ3n) is 11.3. The van der Waals surface area contributed by atoms with Crippen LogP contribution in [0.3, 0.4) is 0 Å². The molecule has 7 nitrogen and oxygen atoms in total. The summed E-state index contributed by atoms with van der Waals surface area (Å²) in [5, 5.41) is 0. The molecule has 1 atom stereocenters. The van der Waals surface area contributed by atoms with Gasteiger partial charge in [-0.05, 0) is 74.8 Å². The molecule has 65 heavy (non-hydrogen) atoms. The van der Waals surface area contributed by atoms with Gasteiger partial charge in [-0.1, -0.05) is 158 Å². The van der Waals surface area contributed by atoms with Crippen LogP contribution in [0.5, 0.6) is 34.5 Å². The van der Waals surface area contributed by atoms with Gasteiger partial charge in [0, 0.05) is 35.9 Å². The number of hydrogen-bond donors (Lipinski definition) is 0. The van der Waals surface area contributed by atoms with Crippen LogP contribution in [-0.2, 0) is 37.8 Å². The topological polar surface area (TPSA) is 64.6 Å². The zero-order valence-corrected chi connectivity index (χ0v) is 36.5. The Labute approximate surface area is 381 Å². The molecule has 0 amide bonds. The van der Waals surface area contributed by atoms with Crippen molar-refractivity contribution in [2.45, 2.75) is 39.1 Å². The molecule has 0 heterocycles. The molecule has 0 aliphatic heterocycles. The maximum Gasteiger partial charge on any atom is 0.161 e. The highest BCUT2D eigenvalue weighted by atomic mass is 16.5. The van der Waals surface area contributed by atoms with E-state index in [0.717, 1.165) is 61.2 Å². The van der Waals surface area contributed by atoms with E-state index in [1.165, 1.54) is 0 Å². The van der Waals surface area contributed by atoms with Gasteiger partial charge in [0.1, 0.15) is 62.1 Å². The zero-order valence-electron chi connectivity index (χ0n) is 36.5. The second-order valence-corrected chi connectivity index (χ2v) is 15.7. The van der Waals surface area contributed by atoms with E-state index in [-0.39, 0.29) is 0 Å². The van der Waals surface area contributed by atoms with Crippen LogP contribution in [0, 0.1) is 0 Å². The first-order chi connectivity index (χ1) is 32.1. The van der Waals surface area contributed by atoms with E-state index in [9.17, 15) is 0 Å². The maximum atomic E-state index is 6.87. The average Bonchev–Trinajstić information content (AvgIpc) is 3.71. The molecule has 0 bridgehead atoms. The van der Waals surface area contributed by atoms with Gasteiger partial charge in [0.05, 0.1) is 7.11 Å². The number of methoxy groups -OCH3 is 2. The SMILES string of the molecule is COc1cc(C2=C(c3cc(OCc4ccccc4)cc(OCc4ccccc4)c3)C(OC)c3cc(OCc4ccccc4)cc(OCc4ccccc4)c32)ccc1OCc1ccccc1. The lowest BCUT2D eigenvalue weighted by molar-refractivity contribution is 0.151. The predicted octanol–water partition coefficient (Wildman–Crippen LogP) is 13.3. The largest absolute Gasteiger partial charge is 0.493 e. The number of benzene rings is 8. The summed E-state index contributed by atoms with van der Waals surface area (Å²) in [7, 11) is 3.40. The molecule has 8 aromatic rings. The first-order valence-corrected chi connectivity index (χ1v) is 21.7. The highest BCUT2D eigenvalue weighted by Crippen LogP contribution is 2.55. The second-order valence-electron chi connectivity index (χ2n) is 15.7. The van der Waals surface area contributed by atoms with Gasteiger partial charge in [0.2, 0.25) is 0 Å². The standard InChI is InChI=1S/C58H50O7/c1-59-53-32-46(28-29-52(53)64-39-44-24-14-6-15-25-44)55-56(47-30-48(61-36-41-18-8-3-9-19-41)33-49(31-47)62-37-42-20-10-4-11-21-42)58(60-2)51-34-50(63-38-43-22-12-5-13-23-43)35-54(57(51)55)65-40-45-26-16-7-17-27-45/h3-35,58H,36-40H2,1-2H3. The fourth-order valence-electron chi connectivity index (χ4n) is 8.07. The molecule has 0 aromatic heterocycles. The summed E-state index contributed by atoms with van der Waals surface area (Å²) < 4.78 is 45.6. The molecule has 0 saturated carbocycles. The number of rotatable bonds is 19. The molecular weight excluding hydrogens is 809 g/mol. The van der Waals surface area contributed by atoms with Crippen molar-refractivity contribution < 1.29 is 33.2 Å². The fraction of sp³-hybridized carbons (Fsp3) is 0.138. The van der Waals surface area contributed by atoms with Crippen LogP contribution in [0.15, 0.2) is 200 Å². The first-order valence-electron chi connectivity index (χ1n) is 21.7. The molecule has 8 aromatic carbocycles. The zero-order chi connectivity index (χ0) is 44.2. The van der Waals surface area contributed by atoms with E-state index >= 15 is 0 Å². The molecule has 7 heteroatoms. The summed E-state index contributed by atoms with van der Waals surface area (Å²) in [6.07, 6.45) is -0.550. The van der Waals surface area contributed by atoms with E-state index < -0.39 is 6.10 Å². The molecule has 1 aliphatic carbocycles. The fourth-order valence-corrected chi connectivity index (χ4v) is 8.07. The van der Waals surface area contributed by atoms with Crippen molar-refractivity contribution in [2.24, 2.45) is 0 Å².